The Morgan fingerprint density at radius 1 is 1.17 bits per heavy atom. The van der Waals surface area contributed by atoms with E-state index in [4.69, 9.17) is 0 Å². The molecular formula is C14H10N2OS. The molecule has 0 aliphatic heterocycles. The number of hydrogen-bond donors (Lipinski definition) is 0. The van der Waals surface area contributed by atoms with Crippen molar-refractivity contribution in [3.8, 4) is 0 Å². The first-order valence-corrected chi connectivity index (χ1v) is 6.44. The fraction of sp³-hybridized carbons (Fsp3) is 0.0714. The summed E-state index contributed by atoms with van der Waals surface area (Å²) in [6.45, 7) is 1.94. The molecule has 0 unspecified atom stereocenters. The van der Waals surface area contributed by atoms with Crippen molar-refractivity contribution in [1.82, 2.24) is 9.97 Å². The van der Waals surface area contributed by atoms with E-state index >= 15 is 0 Å². The molecule has 3 aromatic rings. The summed E-state index contributed by atoms with van der Waals surface area (Å²) in [6.07, 6.45) is 3.24. The molecule has 0 fully saturated rings. The number of aryl methyl sites for hydroxylation is 1. The lowest BCUT2D eigenvalue weighted by Crippen LogP contribution is -2.02. The molecule has 18 heavy (non-hydrogen) atoms. The molecule has 0 atom stereocenters. The van der Waals surface area contributed by atoms with Crippen LogP contribution in [0, 0.1) is 6.92 Å². The highest BCUT2D eigenvalue weighted by Crippen LogP contribution is 2.23. The Labute approximate surface area is 108 Å². The van der Waals surface area contributed by atoms with Crippen molar-refractivity contribution in [2.75, 3.05) is 0 Å². The summed E-state index contributed by atoms with van der Waals surface area (Å²) in [7, 11) is 0. The number of para-hydroxylation sites is 1. The van der Waals surface area contributed by atoms with E-state index in [0.29, 0.717) is 11.1 Å². The lowest BCUT2D eigenvalue weighted by atomic mass is 10.1. The van der Waals surface area contributed by atoms with Gasteiger partial charge in [0.15, 0.2) is 0 Å². The fourth-order valence-electron chi connectivity index (χ4n) is 1.90. The molecule has 4 heteroatoms. The second-order valence-corrected chi connectivity index (χ2v) is 4.91. The third kappa shape index (κ3) is 1.71. The Balaban J connectivity index is 2.21. The highest BCUT2D eigenvalue weighted by atomic mass is 32.1. The molecular weight excluding hydrogens is 244 g/mol. The van der Waals surface area contributed by atoms with Crippen molar-refractivity contribution in [2.45, 2.75) is 6.92 Å². The van der Waals surface area contributed by atoms with Crippen LogP contribution in [-0.2, 0) is 0 Å². The van der Waals surface area contributed by atoms with E-state index in [1.54, 1.807) is 18.5 Å². The minimum Gasteiger partial charge on any atom is -0.288 e. The number of benzene rings is 1. The molecule has 0 saturated carbocycles. The second kappa shape index (κ2) is 4.31. The maximum atomic E-state index is 12.5. The van der Waals surface area contributed by atoms with E-state index < -0.39 is 0 Å². The Bertz CT molecular complexity index is 728. The minimum atomic E-state index is 0.0219. The lowest BCUT2D eigenvalue weighted by molar-refractivity contribution is 0.104. The van der Waals surface area contributed by atoms with Gasteiger partial charge in [-0.05, 0) is 36.1 Å². The standard InChI is InChI=1S/C14H10N2OS/c1-9-5-8-18-14(9)13(17)10-3-2-4-11-12(10)16-7-6-15-11/h2-8H,1H3. The monoisotopic (exact) mass is 254 g/mol. The molecule has 2 aromatic heterocycles. The highest BCUT2D eigenvalue weighted by Gasteiger charge is 2.16. The zero-order valence-electron chi connectivity index (χ0n) is 9.75. The quantitative estimate of drug-likeness (QED) is 0.659. The van der Waals surface area contributed by atoms with Gasteiger partial charge in [0, 0.05) is 12.4 Å². The number of carbonyl (C=O) groups is 1. The fourth-order valence-corrected chi connectivity index (χ4v) is 2.78. The van der Waals surface area contributed by atoms with Gasteiger partial charge in [-0.15, -0.1) is 11.3 Å². The number of hydrogen-bond acceptors (Lipinski definition) is 4. The van der Waals surface area contributed by atoms with E-state index in [0.717, 1.165) is 16.0 Å². The second-order valence-electron chi connectivity index (χ2n) is 3.99. The normalized spacial score (nSPS) is 10.7. The van der Waals surface area contributed by atoms with Gasteiger partial charge in [0.1, 0.15) is 0 Å². The molecule has 0 saturated heterocycles. The van der Waals surface area contributed by atoms with Gasteiger partial charge in [0.25, 0.3) is 0 Å². The van der Waals surface area contributed by atoms with Crippen molar-refractivity contribution in [1.29, 1.82) is 0 Å². The van der Waals surface area contributed by atoms with Crippen LogP contribution in [0.5, 0.6) is 0 Å². The van der Waals surface area contributed by atoms with E-state index in [1.807, 2.05) is 30.5 Å². The van der Waals surface area contributed by atoms with E-state index in [2.05, 4.69) is 9.97 Å². The maximum absolute atomic E-state index is 12.5. The van der Waals surface area contributed by atoms with Gasteiger partial charge < -0.3 is 0 Å². The van der Waals surface area contributed by atoms with Gasteiger partial charge in [-0.25, -0.2) is 0 Å². The maximum Gasteiger partial charge on any atom is 0.205 e. The predicted octanol–water partition coefficient (Wildman–Crippen LogP) is 3.23. The highest BCUT2D eigenvalue weighted by molar-refractivity contribution is 7.12. The number of aromatic nitrogens is 2. The lowest BCUT2D eigenvalue weighted by Gasteiger charge is -2.03. The first-order valence-electron chi connectivity index (χ1n) is 5.56. The number of rotatable bonds is 2. The van der Waals surface area contributed by atoms with Crippen molar-refractivity contribution < 1.29 is 4.79 Å². The van der Waals surface area contributed by atoms with Crippen molar-refractivity contribution in [3.05, 3.63) is 58.0 Å². The van der Waals surface area contributed by atoms with Crippen molar-refractivity contribution >= 4 is 28.2 Å². The van der Waals surface area contributed by atoms with Crippen molar-refractivity contribution in [3.63, 3.8) is 0 Å². The molecule has 88 valence electrons. The molecule has 3 rings (SSSR count). The van der Waals surface area contributed by atoms with Gasteiger partial charge in [0.2, 0.25) is 5.78 Å². The Kier molecular flexibility index (Phi) is 2.64. The molecule has 3 nitrogen and oxygen atoms in total. The van der Waals surface area contributed by atoms with Crippen LogP contribution in [0.25, 0.3) is 11.0 Å². The molecule has 0 N–H and O–H groups in total. The zero-order valence-corrected chi connectivity index (χ0v) is 10.6. The number of carbonyl (C=O) groups excluding carboxylic acids is 1. The summed E-state index contributed by atoms with van der Waals surface area (Å²) in [5, 5.41) is 1.93. The Morgan fingerprint density at radius 3 is 2.78 bits per heavy atom. The molecule has 0 aliphatic carbocycles. The van der Waals surface area contributed by atoms with E-state index in [9.17, 15) is 4.79 Å². The van der Waals surface area contributed by atoms with Gasteiger partial charge in [-0.3, -0.25) is 14.8 Å². The minimum absolute atomic E-state index is 0.0219. The average molecular weight is 254 g/mol. The SMILES string of the molecule is Cc1ccsc1C(=O)c1cccc2nccnc12. The molecule has 0 radical (unpaired) electrons. The van der Waals surface area contributed by atoms with E-state index in [-0.39, 0.29) is 5.78 Å². The summed E-state index contributed by atoms with van der Waals surface area (Å²) in [5.74, 6) is 0.0219. The molecule has 0 bridgehead atoms. The van der Waals surface area contributed by atoms with Crippen molar-refractivity contribution in [2.24, 2.45) is 0 Å². The van der Waals surface area contributed by atoms with Crippen LogP contribution < -0.4 is 0 Å². The topological polar surface area (TPSA) is 42.9 Å². The van der Waals surface area contributed by atoms with Crippen LogP contribution in [0.4, 0.5) is 0 Å². The summed E-state index contributed by atoms with van der Waals surface area (Å²) >= 11 is 1.46. The van der Waals surface area contributed by atoms with Crippen LogP contribution in [0.2, 0.25) is 0 Å². The third-order valence-corrected chi connectivity index (χ3v) is 3.83. The first kappa shape index (κ1) is 11.0. The molecule has 2 heterocycles. The van der Waals surface area contributed by atoms with Crippen LogP contribution >= 0.6 is 11.3 Å². The largest absolute Gasteiger partial charge is 0.288 e. The smallest absolute Gasteiger partial charge is 0.205 e. The van der Waals surface area contributed by atoms with Gasteiger partial charge >= 0.3 is 0 Å². The number of thiophene rings is 1. The van der Waals surface area contributed by atoms with Gasteiger partial charge in [-0.1, -0.05) is 6.07 Å². The van der Waals surface area contributed by atoms with Crippen LogP contribution in [-0.4, -0.2) is 15.8 Å². The van der Waals surface area contributed by atoms with Crippen LogP contribution in [0.1, 0.15) is 20.8 Å². The number of ketones is 1. The zero-order chi connectivity index (χ0) is 12.5. The Hall–Kier alpha value is -2.07. The van der Waals surface area contributed by atoms with Crippen LogP contribution in [0.15, 0.2) is 42.0 Å². The average Bonchev–Trinajstić information content (AvgIpc) is 2.83. The van der Waals surface area contributed by atoms with Crippen LogP contribution in [0.3, 0.4) is 0 Å². The predicted molar refractivity (Wildman–Crippen MR) is 72.0 cm³/mol. The number of fused-ring (bicyclic) bond motifs is 1. The third-order valence-electron chi connectivity index (χ3n) is 2.81. The molecule has 1 aromatic carbocycles. The van der Waals surface area contributed by atoms with Gasteiger partial charge in [0.05, 0.1) is 21.5 Å². The van der Waals surface area contributed by atoms with Gasteiger partial charge in [-0.2, -0.15) is 0 Å². The summed E-state index contributed by atoms with van der Waals surface area (Å²) in [4.78, 5) is 21.7. The molecule has 0 aliphatic rings. The summed E-state index contributed by atoms with van der Waals surface area (Å²) in [6, 6.07) is 7.46. The first-order chi connectivity index (χ1) is 8.77. The summed E-state index contributed by atoms with van der Waals surface area (Å²) in [5.41, 5.74) is 3.03. The van der Waals surface area contributed by atoms with E-state index in [1.165, 1.54) is 11.3 Å². The molecule has 0 spiro atoms. The number of nitrogens with zero attached hydrogens (tertiary/aromatic N) is 2. The summed E-state index contributed by atoms with van der Waals surface area (Å²) < 4.78 is 0. The Morgan fingerprint density at radius 2 is 2.00 bits per heavy atom. The molecule has 0 amide bonds.